The van der Waals surface area contributed by atoms with Gasteiger partial charge >= 0.3 is 0 Å². The Kier molecular flexibility index (Phi) is 7.73. The Bertz CT molecular complexity index is 17.9. The van der Waals surface area contributed by atoms with Gasteiger partial charge in [-0.1, -0.05) is 27.2 Å². The normalized spacial score (nSPS) is 8.00. The summed E-state index contributed by atoms with van der Waals surface area (Å²) in [6, 6.07) is 0. The van der Waals surface area contributed by atoms with Crippen LogP contribution in [0.5, 0.6) is 0 Å². The van der Waals surface area contributed by atoms with Crippen LogP contribution in [0.4, 0.5) is 0 Å². The molecule has 0 aromatic carbocycles. The van der Waals surface area contributed by atoms with Crippen molar-refractivity contribution in [1.29, 1.82) is 0 Å². The lowest BCUT2D eigenvalue weighted by Crippen LogP contribution is -1.77. The Labute approximate surface area is 39.7 Å². The maximum atomic E-state index is 2.22. The zero-order valence-corrected chi connectivity index (χ0v) is 4.69. The lowest BCUT2D eigenvalue weighted by atomic mass is 10.2. The average Bonchev–Trinajstić information content (AvgIpc) is 1.38. The number of hydrogen-bond donors (Lipinski definition) is 0. The van der Waals surface area contributed by atoms with E-state index in [9.17, 15) is 0 Å². The fraction of sp³-hybridized carbons (Fsp3) is 1.00. The Hall–Kier alpha value is -0.0400. The molecule has 0 saturated heterocycles. The smallest absolute Gasteiger partial charge is 0 e. The zero-order valence-electron chi connectivity index (χ0n) is 4.69. The molecule has 0 rings (SSSR count). The maximum absolute atomic E-state index is 2.22. The fourth-order valence-electron chi connectivity index (χ4n) is 0. The lowest BCUT2D eigenvalue weighted by Gasteiger charge is -1.90. The molecule has 0 amide bonds. The van der Waals surface area contributed by atoms with Crippen LogP contribution >= 0.6 is 0 Å². The van der Waals surface area contributed by atoms with Crippen molar-refractivity contribution in [1.82, 2.24) is 0 Å². The Morgan fingerprint density at radius 3 is 1.50 bits per heavy atom. The Morgan fingerprint density at radius 2 is 1.50 bits per heavy atom. The van der Waals surface area contributed by atoms with Crippen LogP contribution in [0, 0.1) is 5.92 Å². The minimum Gasteiger partial charge on any atom is -0.0651 e. The fourth-order valence-corrected chi connectivity index (χ4v) is 0. The van der Waals surface area contributed by atoms with Gasteiger partial charge in [0.25, 0.3) is 0 Å². The quantitative estimate of drug-likeness (QED) is 0.468. The summed E-state index contributed by atoms with van der Waals surface area (Å²) in [5.41, 5.74) is 0. The molecule has 1 heteroatoms. The molecular weight excluding hydrogens is 76.1 g/mol. The van der Waals surface area contributed by atoms with Gasteiger partial charge in [-0.2, -0.15) is 0 Å². The van der Waals surface area contributed by atoms with E-state index < -0.39 is 0 Å². The van der Waals surface area contributed by atoms with E-state index >= 15 is 0 Å². The molecule has 2 radical (unpaired) electrons. The summed E-state index contributed by atoms with van der Waals surface area (Å²) in [7, 11) is 0. The van der Waals surface area contributed by atoms with Gasteiger partial charge < -0.3 is 0 Å². The molecule has 0 unspecified atom stereocenters. The molecule has 0 aromatic heterocycles. The van der Waals surface area contributed by atoms with Crippen LogP contribution in [0.3, 0.4) is 0 Å². The summed E-state index contributed by atoms with van der Waals surface area (Å²) in [6.45, 7) is 6.64. The summed E-state index contributed by atoms with van der Waals surface area (Å²) in [6.07, 6.45) is 1.31. The molecule has 0 aliphatic carbocycles. The van der Waals surface area contributed by atoms with E-state index in [0.717, 1.165) is 5.92 Å². The minimum absolute atomic E-state index is 0. The molecule has 0 aromatic rings. The first-order valence-corrected chi connectivity index (χ1v) is 2.27. The molecule has 0 fully saturated rings. The van der Waals surface area contributed by atoms with Crippen LogP contribution in [0.1, 0.15) is 27.2 Å². The summed E-state index contributed by atoms with van der Waals surface area (Å²) in [5, 5.41) is 0. The molecule has 0 saturated carbocycles. The van der Waals surface area contributed by atoms with Gasteiger partial charge in [0.15, 0.2) is 0 Å². The van der Waals surface area contributed by atoms with Gasteiger partial charge in [0, 0.05) is 5.48 Å². The van der Waals surface area contributed by atoms with E-state index in [0.29, 0.717) is 0 Å². The van der Waals surface area contributed by atoms with Crippen molar-refractivity contribution in [3.63, 3.8) is 0 Å². The van der Waals surface area contributed by atoms with E-state index in [1.54, 1.807) is 0 Å². The second-order valence-electron chi connectivity index (χ2n) is 1.80. The van der Waals surface area contributed by atoms with Crippen LogP contribution in [-0.4, -0.2) is 0 Å². The van der Waals surface area contributed by atoms with E-state index in [1.165, 1.54) is 6.42 Å². The van der Waals surface area contributed by atoms with E-state index in [1.807, 2.05) is 0 Å². The second-order valence-corrected chi connectivity index (χ2v) is 1.80. The topological polar surface area (TPSA) is 28.5 Å². The Balaban J connectivity index is 0. The van der Waals surface area contributed by atoms with E-state index in [2.05, 4.69) is 20.8 Å². The third-order valence-corrected chi connectivity index (χ3v) is 0.816. The highest BCUT2D eigenvalue weighted by molar-refractivity contribution is 4.32. The predicted molar refractivity (Wildman–Crippen MR) is 25.8 cm³/mol. The van der Waals surface area contributed by atoms with Gasteiger partial charge in [-0.25, -0.2) is 0 Å². The molecule has 1 nitrogen and oxygen atoms in total. The van der Waals surface area contributed by atoms with Gasteiger partial charge in [-0.3, -0.25) is 0 Å². The number of rotatable bonds is 1. The minimum atomic E-state index is 0. The summed E-state index contributed by atoms with van der Waals surface area (Å²) in [5.74, 6) is 0.884. The van der Waals surface area contributed by atoms with Crippen LogP contribution in [0.15, 0.2) is 0 Å². The summed E-state index contributed by atoms with van der Waals surface area (Å²) < 4.78 is 0. The first-order valence-electron chi connectivity index (χ1n) is 2.27. The molecule has 0 heterocycles. The second kappa shape index (κ2) is 4.96. The molecule has 0 bridgehead atoms. The van der Waals surface area contributed by atoms with Crippen molar-refractivity contribution >= 4 is 0 Å². The third-order valence-electron chi connectivity index (χ3n) is 0.816. The van der Waals surface area contributed by atoms with Crippen LogP contribution < -0.4 is 0 Å². The largest absolute Gasteiger partial charge is 0.0651 e. The third kappa shape index (κ3) is 9.03. The van der Waals surface area contributed by atoms with Gasteiger partial charge in [0.1, 0.15) is 0 Å². The lowest BCUT2D eigenvalue weighted by molar-refractivity contribution is 0.626. The van der Waals surface area contributed by atoms with Crippen LogP contribution in [0.25, 0.3) is 0 Å². The first-order chi connectivity index (χ1) is 2.27. The van der Waals surface area contributed by atoms with Crippen molar-refractivity contribution < 1.29 is 5.48 Å². The average molecular weight is 88.1 g/mol. The van der Waals surface area contributed by atoms with Gasteiger partial charge in [-0.05, 0) is 5.92 Å². The molecule has 0 atom stereocenters. The van der Waals surface area contributed by atoms with Gasteiger partial charge in [0.2, 0.25) is 0 Å². The molecular formula is C5H12O. The van der Waals surface area contributed by atoms with Gasteiger partial charge in [-0.15, -0.1) is 0 Å². The van der Waals surface area contributed by atoms with Crippen LogP contribution in [-0.2, 0) is 5.48 Å². The van der Waals surface area contributed by atoms with Crippen molar-refractivity contribution in [2.24, 2.45) is 5.92 Å². The van der Waals surface area contributed by atoms with E-state index in [4.69, 9.17) is 0 Å². The predicted octanol–water partition coefficient (Wildman–Crippen LogP) is 1.93. The van der Waals surface area contributed by atoms with Crippen molar-refractivity contribution in [3.05, 3.63) is 0 Å². The van der Waals surface area contributed by atoms with Crippen molar-refractivity contribution in [2.45, 2.75) is 27.2 Å². The summed E-state index contributed by atoms with van der Waals surface area (Å²) >= 11 is 0. The summed E-state index contributed by atoms with van der Waals surface area (Å²) in [4.78, 5) is 0. The molecule has 38 valence electrons. The maximum Gasteiger partial charge on any atom is 0 e. The SMILES string of the molecule is CCC(C)C.[O]. The molecule has 6 heavy (non-hydrogen) atoms. The molecule has 0 spiro atoms. The first kappa shape index (κ1) is 9.35. The monoisotopic (exact) mass is 88.1 g/mol. The van der Waals surface area contributed by atoms with Crippen molar-refractivity contribution in [2.75, 3.05) is 0 Å². The highest BCUT2D eigenvalue weighted by atomic mass is 16.0. The molecule has 0 aliphatic rings. The Morgan fingerprint density at radius 1 is 1.33 bits per heavy atom. The standard InChI is InChI=1S/C5H12.O/c1-4-5(2)3;/h5H,4H2,1-3H3;. The molecule has 0 aliphatic heterocycles. The highest BCUT2D eigenvalue weighted by Gasteiger charge is 1.80. The van der Waals surface area contributed by atoms with Gasteiger partial charge in [0.05, 0.1) is 0 Å². The van der Waals surface area contributed by atoms with Crippen molar-refractivity contribution in [3.8, 4) is 0 Å². The number of hydrogen-bond acceptors (Lipinski definition) is 0. The zero-order chi connectivity index (χ0) is 4.28. The molecule has 0 N–H and O–H groups in total. The van der Waals surface area contributed by atoms with E-state index in [-0.39, 0.29) is 5.48 Å². The highest BCUT2D eigenvalue weighted by Crippen LogP contribution is 1.93. The van der Waals surface area contributed by atoms with Crippen LogP contribution in [0.2, 0.25) is 0 Å².